The zero-order chi connectivity index (χ0) is 16.8. The van der Waals surface area contributed by atoms with Crippen LogP contribution in [0.15, 0.2) is 78.9 Å². The molecule has 3 aromatic rings. The number of aryl methyl sites for hydroxylation is 1. The fourth-order valence-electron chi connectivity index (χ4n) is 2.24. The van der Waals surface area contributed by atoms with Crippen LogP contribution in [-0.4, -0.2) is 5.91 Å². The Balaban J connectivity index is 1.76. The molecule has 0 bridgehead atoms. The van der Waals surface area contributed by atoms with Gasteiger partial charge in [0, 0.05) is 22.4 Å². The maximum absolute atomic E-state index is 12.4. The molecule has 0 spiro atoms. The summed E-state index contributed by atoms with van der Waals surface area (Å²) in [5, 5.41) is 2.90. The predicted octanol–water partition coefficient (Wildman–Crippen LogP) is 4.65. The summed E-state index contributed by atoms with van der Waals surface area (Å²) in [4.78, 5) is 12.4. The second kappa shape index (κ2) is 7.30. The minimum absolute atomic E-state index is 0.137. The molecule has 1 amide bonds. The number of benzene rings is 3. The van der Waals surface area contributed by atoms with Crippen LogP contribution in [0.1, 0.15) is 27.0 Å². The third-order valence-corrected chi connectivity index (χ3v) is 3.56. The van der Waals surface area contributed by atoms with Gasteiger partial charge in [0.05, 0.1) is 0 Å². The predicted molar refractivity (Wildman–Crippen MR) is 98.0 cm³/mol. The molecule has 0 radical (unpaired) electrons. The van der Waals surface area contributed by atoms with Crippen molar-refractivity contribution in [3.05, 3.63) is 101 Å². The summed E-state index contributed by atoms with van der Waals surface area (Å²) in [6.45, 7) is 2.01. The van der Waals surface area contributed by atoms with Crippen LogP contribution in [0.5, 0.6) is 0 Å². The maximum atomic E-state index is 12.4. The highest BCUT2D eigenvalue weighted by Gasteiger charge is 2.06. The third kappa shape index (κ3) is 4.12. The molecule has 0 saturated carbocycles. The maximum Gasteiger partial charge on any atom is 0.255 e. The summed E-state index contributed by atoms with van der Waals surface area (Å²) >= 11 is 0. The molecular weight excluding hydrogens is 294 g/mol. The number of amides is 1. The standard InChI is InChI=1S/C22H17NO/c1-17-10-14-21(15-11-17)23-22(24)20-9-5-8-19(16-20)13-12-18-6-3-2-4-7-18/h2-11,14-16H,1H3,(H,23,24). The monoisotopic (exact) mass is 311 g/mol. The molecule has 3 aromatic carbocycles. The first-order valence-electron chi connectivity index (χ1n) is 7.76. The first-order valence-corrected chi connectivity index (χ1v) is 7.76. The van der Waals surface area contributed by atoms with Gasteiger partial charge in [-0.1, -0.05) is 53.8 Å². The summed E-state index contributed by atoms with van der Waals surface area (Å²) in [5.41, 5.74) is 4.30. The van der Waals surface area contributed by atoms with E-state index in [0.29, 0.717) is 5.56 Å². The Labute approximate surface area is 142 Å². The number of hydrogen-bond acceptors (Lipinski definition) is 1. The molecule has 0 heterocycles. The van der Waals surface area contributed by atoms with Crippen molar-refractivity contribution in [2.45, 2.75) is 6.92 Å². The lowest BCUT2D eigenvalue weighted by molar-refractivity contribution is 0.102. The van der Waals surface area contributed by atoms with Crippen molar-refractivity contribution in [3.8, 4) is 11.8 Å². The Morgan fingerprint density at radius 1 is 0.792 bits per heavy atom. The quantitative estimate of drug-likeness (QED) is 0.686. The Morgan fingerprint density at radius 2 is 1.46 bits per heavy atom. The van der Waals surface area contributed by atoms with Crippen molar-refractivity contribution in [2.75, 3.05) is 5.32 Å². The Bertz CT molecular complexity index is 900. The molecule has 24 heavy (non-hydrogen) atoms. The molecular formula is C22H17NO. The lowest BCUT2D eigenvalue weighted by Crippen LogP contribution is -2.11. The van der Waals surface area contributed by atoms with E-state index in [4.69, 9.17) is 0 Å². The van der Waals surface area contributed by atoms with E-state index in [1.165, 1.54) is 0 Å². The molecule has 0 unspecified atom stereocenters. The van der Waals surface area contributed by atoms with Crippen LogP contribution in [0.3, 0.4) is 0 Å². The summed E-state index contributed by atoms with van der Waals surface area (Å²) in [6, 6.07) is 24.9. The van der Waals surface area contributed by atoms with Gasteiger partial charge in [-0.3, -0.25) is 4.79 Å². The number of carbonyl (C=O) groups excluding carboxylic acids is 1. The molecule has 0 atom stereocenters. The largest absolute Gasteiger partial charge is 0.322 e. The summed E-state index contributed by atoms with van der Waals surface area (Å²) < 4.78 is 0. The van der Waals surface area contributed by atoms with Crippen molar-refractivity contribution in [2.24, 2.45) is 0 Å². The van der Waals surface area contributed by atoms with E-state index >= 15 is 0 Å². The number of rotatable bonds is 2. The number of carbonyl (C=O) groups is 1. The summed E-state index contributed by atoms with van der Waals surface area (Å²) in [6.07, 6.45) is 0. The molecule has 0 saturated heterocycles. The van der Waals surface area contributed by atoms with Crippen molar-refractivity contribution in [1.29, 1.82) is 0 Å². The topological polar surface area (TPSA) is 29.1 Å². The van der Waals surface area contributed by atoms with Crippen LogP contribution in [0.2, 0.25) is 0 Å². The summed E-state index contributed by atoms with van der Waals surface area (Å²) in [5.74, 6) is 6.06. The Morgan fingerprint density at radius 3 is 2.21 bits per heavy atom. The highest BCUT2D eigenvalue weighted by atomic mass is 16.1. The van der Waals surface area contributed by atoms with Crippen LogP contribution in [-0.2, 0) is 0 Å². The van der Waals surface area contributed by atoms with Gasteiger partial charge in [-0.25, -0.2) is 0 Å². The van der Waals surface area contributed by atoms with Crippen LogP contribution >= 0.6 is 0 Å². The molecule has 2 heteroatoms. The second-order valence-corrected chi connectivity index (χ2v) is 5.52. The normalized spacial score (nSPS) is 9.71. The average Bonchev–Trinajstić information content (AvgIpc) is 2.63. The van der Waals surface area contributed by atoms with Crippen molar-refractivity contribution in [1.82, 2.24) is 0 Å². The fourth-order valence-corrected chi connectivity index (χ4v) is 2.24. The lowest BCUT2D eigenvalue weighted by atomic mass is 10.1. The van der Waals surface area contributed by atoms with Gasteiger partial charge < -0.3 is 5.32 Å². The minimum atomic E-state index is -0.137. The third-order valence-electron chi connectivity index (χ3n) is 3.56. The molecule has 0 aliphatic rings. The highest BCUT2D eigenvalue weighted by Crippen LogP contribution is 2.12. The van der Waals surface area contributed by atoms with Gasteiger partial charge in [0.2, 0.25) is 0 Å². The zero-order valence-corrected chi connectivity index (χ0v) is 13.4. The van der Waals surface area contributed by atoms with Crippen molar-refractivity contribution in [3.63, 3.8) is 0 Å². The van der Waals surface area contributed by atoms with Gasteiger partial charge in [-0.2, -0.15) is 0 Å². The van der Waals surface area contributed by atoms with E-state index in [-0.39, 0.29) is 5.91 Å². The first kappa shape index (κ1) is 15.6. The van der Waals surface area contributed by atoms with Crippen molar-refractivity contribution >= 4 is 11.6 Å². The van der Waals surface area contributed by atoms with E-state index in [1.807, 2.05) is 73.7 Å². The molecule has 1 N–H and O–H groups in total. The van der Waals surface area contributed by atoms with E-state index < -0.39 is 0 Å². The van der Waals surface area contributed by atoms with Gasteiger partial charge >= 0.3 is 0 Å². The number of anilines is 1. The molecule has 0 aromatic heterocycles. The van der Waals surface area contributed by atoms with E-state index in [9.17, 15) is 4.79 Å². The van der Waals surface area contributed by atoms with Crippen LogP contribution in [0.4, 0.5) is 5.69 Å². The van der Waals surface area contributed by atoms with E-state index in [0.717, 1.165) is 22.4 Å². The SMILES string of the molecule is Cc1ccc(NC(=O)c2cccc(C#Cc3ccccc3)c2)cc1. The van der Waals surface area contributed by atoms with Crippen LogP contribution in [0.25, 0.3) is 0 Å². The Kier molecular flexibility index (Phi) is 4.74. The lowest BCUT2D eigenvalue weighted by Gasteiger charge is -2.06. The van der Waals surface area contributed by atoms with Gasteiger partial charge in [-0.05, 0) is 49.4 Å². The average molecular weight is 311 g/mol. The van der Waals surface area contributed by atoms with Crippen LogP contribution < -0.4 is 5.32 Å². The number of hydrogen-bond donors (Lipinski definition) is 1. The Hall–Kier alpha value is -3.31. The van der Waals surface area contributed by atoms with E-state index in [2.05, 4.69) is 17.2 Å². The first-order chi connectivity index (χ1) is 11.7. The molecule has 2 nitrogen and oxygen atoms in total. The van der Waals surface area contributed by atoms with Gasteiger partial charge in [0.25, 0.3) is 5.91 Å². The summed E-state index contributed by atoms with van der Waals surface area (Å²) in [7, 11) is 0. The molecule has 0 aliphatic carbocycles. The second-order valence-electron chi connectivity index (χ2n) is 5.52. The zero-order valence-electron chi connectivity index (χ0n) is 13.4. The van der Waals surface area contributed by atoms with Gasteiger partial charge in [-0.15, -0.1) is 0 Å². The fraction of sp³-hybridized carbons (Fsp3) is 0.0455. The molecule has 3 rings (SSSR count). The van der Waals surface area contributed by atoms with Gasteiger partial charge in [0.1, 0.15) is 0 Å². The smallest absolute Gasteiger partial charge is 0.255 e. The minimum Gasteiger partial charge on any atom is -0.322 e. The van der Waals surface area contributed by atoms with Gasteiger partial charge in [0.15, 0.2) is 0 Å². The van der Waals surface area contributed by atoms with E-state index in [1.54, 1.807) is 12.1 Å². The molecule has 116 valence electrons. The van der Waals surface area contributed by atoms with Crippen LogP contribution in [0, 0.1) is 18.8 Å². The molecule has 0 fully saturated rings. The van der Waals surface area contributed by atoms with Crippen molar-refractivity contribution < 1.29 is 4.79 Å². The number of nitrogens with one attached hydrogen (secondary N) is 1. The molecule has 0 aliphatic heterocycles. The highest BCUT2D eigenvalue weighted by molar-refractivity contribution is 6.04.